The summed E-state index contributed by atoms with van der Waals surface area (Å²) in [5.41, 5.74) is 5.01. The molecule has 1 fully saturated rings. The number of primary amides is 1. The van der Waals surface area contributed by atoms with Crippen LogP contribution in [0.25, 0.3) is 0 Å². The summed E-state index contributed by atoms with van der Waals surface area (Å²) < 4.78 is 5.84. The quantitative estimate of drug-likeness (QED) is 0.653. The zero-order valence-electron chi connectivity index (χ0n) is 12.0. The zero-order valence-corrected chi connectivity index (χ0v) is 12.0. The van der Waals surface area contributed by atoms with Crippen LogP contribution in [-0.4, -0.2) is 30.2 Å². The molecular weight excluding hydrogens is 228 g/mol. The van der Waals surface area contributed by atoms with E-state index >= 15 is 0 Å². The predicted octanol–water partition coefficient (Wildman–Crippen LogP) is 1.97. The predicted molar refractivity (Wildman–Crippen MR) is 73.3 cm³/mol. The second-order valence-corrected chi connectivity index (χ2v) is 5.69. The van der Waals surface area contributed by atoms with E-state index in [1.54, 1.807) is 0 Å². The van der Waals surface area contributed by atoms with Crippen LogP contribution in [0.1, 0.15) is 59.3 Å². The fourth-order valence-corrected chi connectivity index (χ4v) is 2.72. The molecule has 4 nitrogen and oxygen atoms in total. The topological polar surface area (TPSA) is 64.3 Å². The van der Waals surface area contributed by atoms with Crippen molar-refractivity contribution in [2.24, 2.45) is 5.73 Å². The van der Waals surface area contributed by atoms with Gasteiger partial charge in [0.15, 0.2) is 0 Å². The minimum atomic E-state index is -0.552. The number of ether oxygens (including phenoxy) is 1. The van der Waals surface area contributed by atoms with E-state index in [0.717, 1.165) is 25.9 Å². The molecule has 18 heavy (non-hydrogen) atoms. The summed E-state index contributed by atoms with van der Waals surface area (Å²) in [6, 6.07) is 0.261. The molecule has 0 saturated heterocycles. The van der Waals surface area contributed by atoms with Gasteiger partial charge < -0.3 is 15.8 Å². The van der Waals surface area contributed by atoms with E-state index < -0.39 is 5.54 Å². The Kier molecular flexibility index (Phi) is 6.09. The Hall–Kier alpha value is -0.610. The smallest absolute Gasteiger partial charge is 0.237 e. The van der Waals surface area contributed by atoms with Crippen molar-refractivity contribution >= 4 is 5.91 Å². The molecule has 0 aromatic carbocycles. The van der Waals surface area contributed by atoms with Gasteiger partial charge >= 0.3 is 0 Å². The van der Waals surface area contributed by atoms with Crippen molar-refractivity contribution in [1.29, 1.82) is 0 Å². The van der Waals surface area contributed by atoms with E-state index in [-0.39, 0.29) is 18.1 Å². The van der Waals surface area contributed by atoms with Crippen molar-refractivity contribution in [1.82, 2.24) is 5.32 Å². The molecule has 0 aromatic rings. The molecule has 0 radical (unpaired) electrons. The van der Waals surface area contributed by atoms with Crippen LogP contribution in [0.5, 0.6) is 0 Å². The maximum absolute atomic E-state index is 11.7. The molecule has 1 rings (SSSR count). The van der Waals surface area contributed by atoms with Crippen LogP contribution in [0.2, 0.25) is 0 Å². The van der Waals surface area contributed by atoms with E-state index in [9.17, 15) is 4.79 Å². The molecule has 0 aromatic heterocycles. The summed E-state index contributed by atoms with van der Waals surface area (Å²) in [5.74, 6) is -0.240. The fraction of sp³-hybridized carbons (Fsp3) is 0.929. The lowest BCUT2D eigenvalue weighted by Gasteiger charge is -2.29. The number of carbonyl (C=O) groups excluding carboxylic acids is 1. The number of hydrogen-bond donors (Lipinski definition) is 2. The molecule has 4 heteroatoms. The fourth-order valence-electron chi connectivity index (χ4n) is 2.72. The molecule has 0 aliphatic heterocycles. The van der Waals surface area contributed by atoms with Gasteiger partial charge in [0, 0.05) is 19.1 Å². The molecule has 1 aliphatic carbocycles. The van der Waals surface area contributed by atoms with Crippen molar-refractivity contribution in [2.45, 2.75) is 77.0 Å². The molecule has 1 aliphatic rings. The summed E-state index contributed by atoms with van der Waals surface area (Å²) in [4.78, 5) is 11.7. The van der Waals surface area contributed by atoms with Crippen molar-refractivity contribution < 1.29 is 9.53 Å². The average molecular weight is 256 g/mol. The lowest BCUT2D eigenvalue weighted by Crippen LogP contribution is -2.56. The Labute approximate surface area is 111 Å². The van der Waals surface area contributed by atoms with Crippen molar-refractivity contribution in [2.75, 3.05) is 6.61 Å². The Bertz CT molecular complexity index is 269. The van der Waals surface area contributed by atoms with E-state index in [2.05, 4.69) is 12.2 Å². The lowest BCUT2D eigenvalue weighted by molar-refractivity contribution is -0.125. The molecule has 2 atom stereocenters. The van der Waals surface area contributed by atoms with E-state index in [1.807, 2.05) is 13.8 Å². The van der Waals surface area contributed by atoms with Gasteiger partial charge in [-0.3, -0.25) is 4.79 Å². The first-order valence-corrected chi connectivity index (χ1v) is 7.19. The highest BCUT2D eigenvalue weighted by Gasteiger charge is 2.44. The average Bonchev–Trinajstić information content (AvgIpc) is 2.68. The highest BCUT2D eigenvalue weighted by atomic mass is 16.5. The number of hydrogen-bond acceptors (Lipinski definition) is 3. The number of amides is 1. The number of rotatable bonds is 8. The largest absolute Gasteiger partial charge is 0.378 e. The maximum Gasteiger partial charge on any atom is 0.237 e. The summed E-state index contributed by atoms with van der Waals surface area (Å²) in [6.07, 6.45) is 6.13. The van der Waals surface area contributed by atoms with Crippen LogP contribution < -0.4 is 11.1 Å². The third-order valence-electron chi connectivity index (χ3n) is 3.61. The van der Waals surface area contributed by atoms with Crippen LogP contribution in [-0.2, 0) is 9.53 Å². The van der Waals surface area contributed by atoms with Crippen molar-refractivity contribution in [3.8, 4) is 0 Å². The van der Waals surface area contributed by atoms with Gasteiger partial charge in [-0.2, -0.15) is 0 Å². The van der Waals surface area contributed by atoms with Gasteiger partial charge in [-0.1, -0.05) is 19.8 Å². The van der Waals surface area contributed by atoms with E-state index in [1.165, 1.54) is 12.8 Å². The monoisotopic (exact) mass is 256 g/mol. The lowest BCUT2D eigenvalue weighted by atomic mass is 9.95. The minimum Gasteiger partial charge on any atom is -0.378 e. The molecule has 3 N–H and O–H groups in total. The van der Waals surface area contributed by atoms with Gasteiger partial charge in [-0.05, 0) is 33.1 Å². The molecule has 0 spiro atoms. The molecule has 0 heterocycles. The van der Waals surface area contributed by atoms with Gasteiger partial charge in [0.1, 0.15) is 5.54 Å². The van der Waals surface area contributed by atoms with Crippen molar-refractivity contribution in [3.05, 3.63) is 0 Å². The Morgan fingerprint density at radius 1 is 1.50 bits per heavy atom. The maximum atomic E-state index is 11.7. The highest BCUT2D eigenvalue weighted by molar-refractivity contribution is 5.85. The first kappa shape index (κ1) is 15.4. The van der Waals surface area contributed by atoms with Crippen LogP contribution in [0.4, 0.5) is 0 Å². The number of unbranched alkanes of at least 4 members (excludes halogenated alkanes) is 2. The van der Waals surface area contributed by atoms with Crippen LogP contribution in [0.3, 0.4) is 0 Å². The van der Waals surface area contributed by atoms with Gasteiger partial charge in [0.2, 0.25) is 5.91 Å². The van der Waals surface area contributed by atoms with Gasteiger partial charge in [0.25, 0.3) is 0 Å². The Balaban J connectivity index is 2.42. The molecule has 1 saturated carbocycles. The van der Waals surface area contributed by atoms with Gasteiger partial charge in [-0.25, -0.2) is 0 Å². The normalized spacial score (nSPS) is 27.9. The first-order chi connectivity index (χ1) is 8.50. The minimum absolute atomic E-state index is 0.181. The summed E-state index contributed by atoms with van der Waals surface area (Å²) in [5, 5.41) is 3.33. The van der Waals surface area contributed by atoms with Crippen molar-refractivity contribution in [3.63, 3.8) is 0 Å². The third-order valence-corrected chi connectivity index (χ3v) is 3.61. The van der Waals surface area contributed by atoms with E-state index in [0.29, 0.717) is 6.42 Å². The first-order valence-electron chi connectivity index (χ1n) is 7.19. The third kappa shape index (κ3) is 4.25. The van der Waals surface area contributed by atoms with Gasteiger partial charge in [0.05, 0.1) is 6.10 Å². The second-order valence-electron chi connectivity index (χ2n) is 5.69. The van der Waals surface area contributed by atoms with Crippen LogP contribution >= 0.6 is 0 Å². The number of carbonyl (C=O) groups is 1. The molecular formula is C14H28N2O2. The molecule has 0 bridgehead atoms. The molecule has 106 valence electrons. The molecule has 1 amide bonds. The molecule has 2 unspecified atom stereocenters. The van der Waals surface area contributed by atoms with Crippen LogP contribution in [0, 0.1) is 0 Å². The van der Waals surface area contributed by atoms with Gasteiger partial charge in [-0.15, -0.1) is 0 Å². The second kappa shape index (κ2) is 7.10. The number of nitrogens with two attached hydrogens (primary N) is 1. The standard InChI is InChI=1S/C14H28N2O2/c1-4-5-6-9-18-12-7-8-14(10-12,13(15)17)16-11(2)3/h11-12,16H,4-10H2,1-3H3,(H2,15,17). The zero-order chi connectivity index (χ0) is 13.6. The highest BCUT2D eigenvalue weighted by Crippen LogP contribution is 2.32. The van der Waals surface area contributed by atoms with Crippen LogP contribution in [0.15, 0.2) is 0 Å². The Morgan fingerprint density at radius 2 is 2.22 bits per heavy atom. The van der Waals surface area contributed by atoms with E-state index in [4.69, 9.17) is 10.5 Å². The summed E-state index contributed by atoms with van der Waals surface area (Å²) >= 11 is 0. The summed E-state index contributed by atoms with van der Waals surface area (Å²) in [6.45, 7) is 7.06. The number of nitrogens with one attached hydrogen (secondary N) is 1. The Morgan fingerprint density at radius 3 is 2.78 bits per heavy atom. The summed E-state index contributed by atoms with van der Waals surface area (Å²) in [7, 11) is 0. The SMILES string of the molecule is CCCCCOC1CCC(NC(C)C)(C(N)=O)C1.